The molecule has 2 aromatic carbocycles. The van der Waals surface area contributed by atoms with Gasteiger partial charge in [-0.05, 0) is 61.1 Å². The number of ether oxygens (including phenoxy) is 3. The lowest BCUT2D eigenvalue weighted by molar-refractivity contribution is -0.273. The SMILES string of the molecule is CC1(c2ccc(Cl)c(Cc3ccc(OCCOC4CC4)cc3)c2)O[C@H](CO)[C@@H](O)[C@H](O)[C@H]1O. The first-order chi connectivity index (χ1) is 15.8. The summed E-state index contributed by atoms with van der Waals surface area (Å²) in [6, 6.07) is 13.0. The maximum atomic E-state index is 10.7. The Morgan fingerprint density at radius 2 is 1.76 bits per heavy atom. The Hall–Kier alpha value is -1.71. The van der Waals surface area contributed by atoms with E-state index in [-0.39, 0.29) is 0 Å². The molecule has 2 aliphatic rings. The Morgan fingerprint density at radius 1 is 1.03 bits per heavy atom. The Bertz CT molecular complexity index is 931. The summed E-state index contributed by atoms with van der Waals surface area (Å²) in [6.45, 7) is 2.24. The molecule has 0 amide bonds. The zero-order valence-electron chi connectivity index (χ0n) is 18.6. The molecule has 1 saturated carbocycles. The van der Waals surface area contributed by atoms with E-state index >= 15 is 0 Å². The zero-order valence-corrected chi connectivity index (χ0v) is 19.3. The molecule has 7 nitrogen and oxygen atoms in total. The molecule has 8 heteroatoms. The number of rotatable bonds is 9. The smallest absolute Gasteiger partial charge is 0.119 e. The molecular weight excluding hydrogens is 448 g/mol. The summed E-state index contributed by atoms with van der Waals surface area (Å²) in [5.74, 6) is 0.770. The lowest BCUT2D eigenvalue weighted by atomic mass is 9.80. The normalized spacial score (nSPS) is 29.8. The molecule has 0 bridgehead atoms. The second kappa shape index (κ2) is 10.3. The van der Waals surface area contributed by atoms with Crippen molar-refractivity contribution in [3.63, 3.8) is 0 Å². The van der Waals surface area contributed by atoms with Crippen molar-refractivity contribution in [1.82, 2.24) is 0 Å². The molecule has 1 saturated heterocycles. The van der Waals surface area contributed by atoms with Crippen LogP contribution in [0.25, 0.3) is 0 Å². The molecule has 1 aliphatic carbocycles. The van der Waals surface area contributed by atoms with Crippen molar-refractivity contribution in [2.75, 3.05) is 19.8 Å². The van der Waals surface area contributed by atoms with Crippen molar-refractivity contribution in [2.24, 2.45) is 0 Å². The summed E-state index contributed by atoms with van der Waals surface area (Å²) in [5, 5.41) is 41.1. The highest BCUT2D eigenvalue weighted by Gasteiger charge is 2.51. The molecule has 180 valence electrons. The Kier molecular flexibility index (Phi) is 7.60. The highest BCUT2D eigenvalue weighted by Crippen LogP contribution is 2.39. The van der Waals surface area contributed by atoms with Gasteiger partial charge >= 0.3 is 0 Å². The topological polar surface area (TPSA) is 109 Å². The van der Waals surface area contributed by atoms with Gasteiger partial charge in [0.05, 0.1) is 19.3 Å². The summed E-state index contributed by atoms with van der Waals surface area (Å²) in [4.78, 5) is 0. The quantitative estimate of drug-likeness (QED) is 0.409. The van der Waals surface area contributed by atoms with Gasteiger partial charge in [-0.15, -0.1) is 0 Å². The minimum atomic E-state index is -1.46. The van der Waals surface area contributed by atoms with Crippen LogP contribution in [0.3, 0.4) is 0 Å². The molecule has 4 rings (SSSR count). The van der Waals surface area contributed by atoms with Crippen molar-refractivity contribution in [1.29, 1.82) is 0 Å². The lowest BCUT2D eigenvalue weighted by Gasteiger charge is -2.47. The summed E-state index contributed by atoms with van der Waals surface area (Å²) in [6.07, 6.45) is -1.99. The fourth-order valence-corrected chi connectivity index (χ4v) is 4.31. The van der Waals surface area contributed by atoms with E-state index in [9.17, 15) is 20.4 Å². The van der Waals surface area contributed by atoms with Crippen LogP contribution in [-0.2, 0) is 21.5 Å². The number of halogens is 1. The minimum Gasteiger partial charge on any atom is -0.491 e. The van der Waals surface area contributed by atoms with Crippen LogP contribution in [0.2, 0.25) is 5.02 Å². The van der Waals surface area contributed by atoms with Gasteiger partial charge in [0.15, 0.2) is 0 Å². The third-order valence-electron chi connectivity index (χ3n) is 6.36. The molecule has 0 spiro atoms. The van der Waals surface area contributed by atoms with Gasteiger partial charge in [0.1, 0.15) is 42.4 Å². The molecule has 1 unspecified atom stereocenters. The highest BCUT2D eigenvalue weighted by molar-refractivity contribution is 6.31. The van der Waals surface area contributed by atoms with E-state index in [2.05, 4.69) is 0 Å². The molecule has 2 aromatic rings. The van der Waals surface area contributed by atoms with Gasteiger partial charge in [0.2, 0.25) is 0 Å². The second-order valence-corrected chi connectivity index (χ2v) is 9.32. The van der Waals surface area contributed by atoms with Crippen LogP contribution in [0.4, 0.5) is 0 Å². The average molecular weight is 479 g/mol. The number of aliphatic hydroxyl groups excluding tert-OH is 4. The second-order valence-electron chi connectivity index (χ2n) is 8.92. The lowest BCUT2D eigenvalue weighted by Crippen LogP contribution is -2.62. The van der Waals surface area contributed by atoms with Gasteiger partial charge in [0.25, 0.3) is 0 Å². The molecule has 5 atom stereocenters. The molecule has 0 radical (unpaired) electrons. The van der Waals surface area contributed by atoms with E-state index in [4.69, 9.17) is 25.8 Å². The van der Waals surface area contributed by atoms with Gasteiger partial charge in [0, 0.05) is 5.02 Å². The standard InChI is InChI=1S/C25H31ClO7/c1-25(24(30)23(29)22(28)21(14-27)33-25)17-4-9-20(26)16(13-17)12-15-2-5-18(6-3-15)31-10-11-32-19-7-8-19/h2-6,9,13,19,21-24,27-30H,7-8,10-12,14H2,1H3/t21-,22-,23+,24-,25?/m1/s1. The summed E-state index contributed by atoms with van der Waals surface area (Å²) >= 11 is 6.45. The first-order valence-electron chi connectivity index (χ1n) is 11.3. The van der Waals surface area contributed by atoms with Gasteiger partial charge in [-0.3, -0.25) is 0 Å². The molecule has 1 aliphatic heterocycles. The van der Waals surface area contributed by atoms with Gasteiger partial charge in [-0.2, -0.15) is 0 Å². The van der Waals surface area contributed by atoms with E-state index in [0.717, 1.165) is 29.7 Å². The zero-order chi connectivity index (χ0) is 23.6. The number of hydrogen-bond acceptors (Lipinski definition) is 7. The maximum absolute atomic E-state index is 10.7. The van der Waals surface area contributed by atoms with Crippen LogP contribution >= 0.6 is 11.6 Å². The van der Waals surface area contributed by atoms with E-state index in [0.29, 0.717) is 36.3 Å². The van der Waals surface area contributed by atoms with E-state index < -0.39 is 36.6 Å². The highest BCUT2D eigenvalue weighted by atomic mass is 35.5. The van der Waals surface area contributed by atoms with Crippen molar-refractivity contribution in [2.45, 2.75) is 62.3 Å². The third kappa shape index (κ3) is 5.52. The predicted octanol–water partition coefficient (Wildman–Crippen LogP) is 2.18. The predicted molar refractivity (Wildman–Crippen MR) is 123 cm³/mol. The van der Waals surface area contributed by atoms with Crippen LogP contribution < -0.4 is 4.74 Å². The number of benzene rings is 2. The van der Waals surface area contributed by atoms with Crippen LogP contribution in [0.5, 0.6) is 5.75 Å². The molecule has 4 N–H and O–H groups in total. The fraction of sp³-hybridized carbons (Fsp3) is 0.520. The minimum absolute atomic E-state index is 0.418. The largest absolute Gasteiger partial charge is 0.491 e. The van der Waals surface area contributed by atoms with Crippen LogP contribution in [0.1, 0.15) is 36.5 Å². The van der Waals surface area contributed by atoms with Gasteiger partial charge < -0.3 is 34.6 Å². The third-order valence-corrected chi connectivity index (χ3v) is 6.73. The Balaban J connectivity index is 1.45. The summed E-state index contributed by atoms with van der Waals surface area (Å²) < 4.78 is 17.1. The molecular formula is C25H31ClO7. The molecule has 1 heterocycles. The maximum Gasteiger partial charge on any atom is 0.119 e. The van der Waals surface area contributed by atoms with Crippen LogP contribution in [0, 0.1) is 0 Å². The molecule has 33 heavy (non-hydrogen) atoms. The Labute approximate surface area is 198 Å². The van der Waals surface area contributed by atoms with Crippen LogP contribution in [-0.4, -0.2) is 70.8 Å². The Morgan fingerprint density at radius 3 is 2.42 bits per heavy atom. The first kappa shape index (κ1) is 24.4. The number of aliphatic hydroxyl groups is 4. The van der Waals surface area contributed by atoms with Crippen molar-refractivity contribution in [3.05, 3.63) is 64.2 Å². The monoisotopic (exact) mass is 478 g/mol. The molecule has 0 aromatic heterocycles. The van der Waals surface area contributed by atoms with E-state index in [1.807, 2.05) is 30.3 Å². The first-order valence-corrected chi connectivity index (χ1v) is 11.6. The molecule has 2 fully saturated rings. The van der Waals surface area contributed by atoms with Crippen molar-refractivity contribution in [3.8, 4) is 5.75 Å². The van der Waals surface area contributed by atoms with Crippen molar-refractivity contribution >= 4 is 11.6 Å². The van der Waals surface area contributed by atoms with Crippen LogP contribution in [0.15, 0.2) is 42.5 Å². The van der Waals surface area contributed by atoms with E-state index in [1.165, 1.54) is 0 Å². The van der Waals surface area contributed by atoms with E-state index in [1.54, 1.807) is 19.1 Å². The number of hydrogen-bond donors (Lipinski definition) is 4. The fourth-order valence-electron chi connectivity index (χ4n) is 4.12. The van der Waals surface area contributed by atoms with Gasteiger partial charge in [-0.1, -0.05) is 35.9 Å². The average Bonchev–Trinajstić information content (AvgIpc) is 3.65. The van der Waals surface area contributed by atoms with Gasteiger partial charge in [-0.25, -0.2) is 0 Å². The summed E-state index contributed by atoms with van der Waals surface area (Å²) in [5.41, 5.74) is 1.11. The van der Waals surface area contributed by atoms with Crippen molar-refractivity contribution < 1.29 is 34.6 Å². The summed E-state index contributed by atoms with van der Waals surface area (Å²) in [7, 11) is 0.